The van der Waals surface area contributed by atoms with Gasteiger partial charge in [0.25, 0.3) is 0 Å². The van der Waals surface area contributed by atoms with E-state index in [1.54, 1.807) is 0 Å². The highest BCUT2D eigenvalue weighted by Crippen LogP contribution is 2.45. The van der Waals surface area contributed by atoms with E-state index in [-0.39, 0.29) is 17.6 Å². The van der Waals surface area contributed by atoms with Crippen molar-refractivity contribution >= 4 is 11.5 Å². The number of benzene rings is 1. The van der Waals surface area contributed by atoms with Crippen LogP contribution in [0.1, 0.15) is 37.7 Å². The van der Waals surface area contributed by atoms with Gasteiger partial charge in [0.05, 0.1) is 11.6 Å². The third-order valence-corrected chi connectivity index (χ3v) is 5.27. The molecule has 3 heteroatoms. The molecule has 2 atom stereocenters. The van der Waals surface area contributed by atoms with Gasteiger partial charge in [0.1, 0.15) is 0 Å². The summed E-state index contributed by atoms with van der Waals surface area (Å²) < 4.78 is 5.93. The first-order valence-electron chi connectivity index (χ1n) is 7.78. The first kappa shape index (κ1) is 12.4. The van der Waals surface area contributed by atoms with Crippen molar-refractivity contribution in [1.82, 2.24) is 0 Å². The van der Waals surface area contributed by atoms with E-state index in [0.29, 0.717) is 5.78 Å². The predicted molar refractivity (Wildman–Crippen MR) is 77.8 cm³/mol. The van der Waals surface area contributed by atoms with Crippen molar-refractivity contribution in [2.75, 3.05) is 11.9 Å². The van der Waals surface area contributed by atoms with Crippen LogP contribution in [0.2, 0.25) is 0 Å². The highest BCUT2D eigenvalue weighted by atomic mass is 16.5. The van der Waals surface area contributed by atoms with Gasteiger partial charge in [-0.15, -0.1) is 0 Å². The molecule has 1 aromatic carbocycles. The smallest absolute Gasteiger partial charge is 0.158 e. The second-order valence-corrected chi connectivity index (χ2v) is 6.54. The molecule has 1 N–H and O–H groups in total. The molecule has 2 unspecified atom stereocenters. The van der Waals surface area contributed by atoms with Gasteiger partial charge in [-0.1, -0.05) is 18.2 Å². The molecule has 1 spiro atoms. The number of Topliss-reactive ketones (excluding diaryl/α,β-unsaturated/α-hetero) is 1. The van der Waals surface area contributed by atoms with Crippen molar-refractivity contribution < 1.29 is 9.53 Å². The fraction of sp³-hybridized carbons (Fsp3) is 0.588. The van der Waals surface area contributed by atoms with Crippen molar-refractivity contribution in [2.24, 2.45) is 5.92 Å². The summed E-state index contributed by atoms with van der Waals surface area (Å²) in [5, 5.41) is 3.40. The molecule has 1 saturated heterocycles. The number of hydrogen-bond acceptors (Lipinski definition) is 3. The summed E-state index contributed by atoms with van der Waals surface area (Å²) in [6, 6.07) is 8.24. The average molecular weight is 271 g/mol. The second kappa shape index (κ2) is 4.59. The molecule has 0 amide bonds. The number of ether oxygens (including phenoxy) is 1. The molecule has 2 aliphatic heterocycles. The molecule has 2 heterocycles. The fourth-order valence-electron chi connectivity index (χ4n) is 3.94. The van der Waals surface area contributed by atoms with Gasteiger partial charge in [0.2, 0.25) is 0 Å². The Bertz CT molecular complexity index is 511. The largest absolute Gasteiger partial charge is 0.375 e. The molecule has 0 bridgehead atoms. The van der Waals surface area contributed by atoms with Crippen LogP contribution in [0.25, 0.3) is 0 Å². The van der Waals surface area contributed by atoms with Crippen LogP contribution in [0.5, 0.6) is 0 Å². The van der Waals surface area contributed by atoms with E-state index in [0.717, 1.165) is 44.4 Å². The minimum absolute atomic E-state index is 0.0207. The van der Waals surface area contributed by atoms with Crippen molar-refractivity contribution in [1.29, 1.82) is 0 Å². The number of hydrogen-bond donors (Lipinski definition) is 1. The van der Waals surface area contributed by atoms with Gasteiger partial charge in [0, 0.05) is 24.6 Å². The van der Waals surface area contributed by atoms with Gasteiger partial charge >= 0.3 is 0 Å². The Morgan fingerprint density at radius 3 is 2.90 bits per heavy atom. The van der Waals surface area contributed by atoms with Gasteiger partial charge in [-0.2, -0.15) is 0 Å². The van der Waals surface area contributed by atoms with E-state index in [2.05, 4.69) is 17.4 Å². The molecule has 4 rings (SSSR count). The van der Waals surface area contributed by atoms with Crippen LogP contribution in [0.3, 0.4) is 0 Å². The van der Waals surface area contributed by atoms with Crippen LogP contribution < -0.4 is 5.32 Å². The normalized spacial score (nSPS) is 30.4. The number of ketones is 1. The van der Waals surface area contributed by atoms with Crippen LogP contribution >= 0.6 is 0 Å². The molecular formula is C17H21NO2. The van der Waals surface area contributed by atoms with E-state index in [4.69, 9.17) is 4.74 Å². The van der Waals surface area contributed by atoms with Gasteiger partial charge in [0.15, 0.2) is 5.78 Å². The number of carbonyl (C=O) groups excluding carboxylic acids is 1. The van der Waals surface area contributed by atoms with Crippen LogP contribution in [0.4, 0.5) is 5.69 Å². The standard InChI is InChI=1S/C17H21NO2/c19-16(13-6-9-20-17(11-13)7-3-8-17)15-10-12-4-1-2-5-14(12)18-15/h1-2,4-5,13,15,18H,3,6-11H2. The van der Waals surface area contributed by atoms with Gasteiger partial charge in [-0.3, -0.25) is 4.79 Å². The lowest BCUT2D eigenvalue weighted by Gasteiger charge is -2.47. The topological polar surface area (TPSA) is 38.3 Å². The first-order chi connectivity index (χ1) is 9.76. The number of fused-ring (bicyclic) bond motifs is 1. The Labute approximate surface area is 119 Å². The lowest BCUT2D eigenvalue weighted by Crippen LogP contribution is -2.49. The van der Waals surface area contributed by atoms with Crippen LogP contribution in [-0.2, 0) is 16.0 Å². The third-order valence-electron chi connectivity index (χ3n) is 5.27. The second-order valence-electron chi connectivity index (χ2n) is 6.54. The average Bonchev–Trinajstić information content (AvgIpc) is 2.89. The van der Waals surface area contributed by atoms with E-state index >= 15 is 0 Å². The SMILES string of the molecule is O=C(C1CCOC2(CCC2)C1)C1Cc2ccccc2N1. The van der Waals surface area contributed by atoms with Crippen LogP contribution in [0, 0.1) is 5.92 Å². The number of carbonyl (C=O) groups is 1. The number of rotatable bonds is 2. The minimum atomic E-state index is -0.0207. The molecule has 3 aliphatic rings. The Morgan fingerprint density at radius 2 is 2.15 bits per heavy atom. The fourth-order valence-corrected chi connectivity index (χ4v) is 3.94. The summed E-state index contributed by atoms with van der Waals surface area (Å²) in [6.07, 6.45) is 6.24. The van der Waals surface area contributed by atoms with Gasteiger partial charge < -0.3 is 10.1 Å². The third kappa shape index (κ3) is 1.96. The lowest BCUT2D eigenvalue weighted by atomic mass is 9.70. The quantitative estimate of drug-likeness (QED) is 0.898. The Morgan fingerprint density at radius 1 is 1.30 bits per heavy atom. The Balaban J connectivity index is 1.46. The molecule has 0 aromatic heterocycles. The highest BCUT2D eigenvalue weighted by Gasteiger charge is 2.45. The van der Waals surface area contributed by atoms with Gasteiger partial charge in [-0.05, 0) is 43.7 Å². The van der Waals surface area contributed by atoms with E-state index in [9.17, 15) is 4.79 Å². The maximum absolute atomic E-state index is 12.8. The molecular weight excluding hydrogens is 250 g/mol. The summed E-state index contributed by atoms with van der Waals surface area (Å²) in [6.45, 7) is 0.760. The molecule has 20 heavy (non-hydrogen) atoms. The number of anilines is 1. The monoisotopic (exact) mass is 271 g/mol. The van der Waals surface area contributed by atoms with Crippen LogP contribution in [-0.4, -0.2) is 24.0 Å². The maximum Gasteiger partial charge on any atom is 0.158 e. The van der Waals surface area contributed by atoms with E-state index in [1.165, 1.54) is 12.0 Å². The molecule has 1 aliphatic carbocycles. The number of nitrogens with one attached hydrogen (secondary N) is 1. The minimum Gasteiger partial charge on any atom is -0.375 e. The van der Waals surface area contributed by atoms with E-state index < -0.39 is 0 Å². The predicted octanol–water partition coefficient (Wildman–Crippen LogP) is 2.94. The first-order valence-corrected chi connectivity index (χ1v) is 7.78. The molecule has 1 aromatic rings. The lowest BCUT2D eigenvalue weighted by molar-refractivity contribution is -0.155. The summed E-state index contributed by atoms with van der Waals surface area (Å²) >= 11 is 0. The molecule has 0 radical (unpaired) electrons. The maximum atomic E-state index is 12.8. The molecule has 2 fully saturated rings. The zero-order valence-electron chi connectivity index (χ0n) is 11.7. The Hall–Kier alpha value is -1.35. The molecule has 1 saturated carbocycles. The summed E-state index contributed by atoms with van der Waals surface area (Å²) in [7, 11) is 0. The van der Waals surface area contributed by atoms with Crippen molar-refractivity contribution in [3.63, 3.8) is 0 Å². The molecule has 3 nitrogen and oxygen atoms in total. The number of para-hydroxylation sites is 1. The van der Waals surface area contributed by atoms with Crippen molar-refractivity contribution in [2.45, 2.75) is 50.2 Å². The zero-order valence-corrected chi connectivity index (χ0v) is 11.7. The van der Waals surface area contributed by atoms with Crippen molar-refractivity contribution in [3.8, 4) is 0 Å². The Kier molecular flexibility index (Phi) is 2.84. The highest BCUT2D eigenvalue weighted by molar-refractivity contribution is 5.91. The summed E-state index contributed by atoms with van der Waals surface area (Å²) in [5.74, 6) is 0.589. The zero-order chi connectivity index (χ0) is 13.6. The van der Waals surface area contributed by atoms with Crippen molar-refractivity contribution in [3.05, 3.63) is 29.8 Å². The summed E-state index contributed by atoms with van der Waals surface area (Å²) in [4.78, 5) is 12.8. The van der Waals surface area contributed by atoms with Gasteiger partial charge in [-0.25, -0.2) is 0 Å². The van der Waals surface area contributed by atoms with Crippen LogP contribution in [0.15, 0.2) is 24.3 Å². The van der Waals surface area contributed by atoms with E-state index in [1.807, 2.05) is 12.1 Å². The molecule has 106 valence electrons. The summed E-state index contributed by atoms with van der Waals surface area (Å²) in [5.41, 5.74) is 2.47.